The van der Waals surface area contributed by atoms with Gasteiger partial charge in [0.05, 0.1) is 6.04 Å². The summed E-state index contributed by atoms with van der Waals surface area (Å²) in [4.78, 5) is 12.1. The van der Waals surface area contributed by atoms with Crippen LogP contribution >= 0.6 is 0 Å². The molecule has 0 aromatic heterocycles. The Morgan fingerprint density at radius 1 is 1.25 bits per heavy atom. The van der Waals surface area contributed by atoms with Gasteiger partial charge in [0.2, 0.25) is 5.91 Å². The van der Waals surface area contributed by atoms with Crippen molar-refractivity contribution in [3.8, 4) is 0 Å². The van der Waals surface area contributed by atoms with E-state index in [2.05, 4.69) is 29.6 Å². The summed E-state index contributed by atoms with van der Waals surface area (Å²) in [7, 11) is 0. The molecule has 1 aliphatic rings. The van der Waals surface area contributed by atoms with Crippen molar-refractivity contribution >= 4 is 5.91 Å². The molecule has 3 N–H and O–H groups in total. The Kier molecular flexibility index (Phi) is 4.81. The lowest BCUT2D eigenvalue weighted by Crippen LogP contribution is -2.48. The number of nitrogens with two attached hydrogens (primary N) is 1. The molecule has 2 rings (SSSR count). The fourth-order valence-electron chi connectivity index (χ4n) is 3.09. The van der Waals surface area contributed by atoms with Gasteiger partial charge in [-0.3, -0.25) is 4.79 Å². The van der Waals surface area contributed by atoms with Gasteiger partial charge >= 0.3 is 0 Å². The predicted molar refractivity (Wildman–Crippen MR) is 82.4 cm³/mol. The van der Waals surface area contributed by atoms with Gasteiger partial charge in [0.15, 0.2) is 0 Å². The third kappa shape index (κ3) is 3.21. The van der Waals surface area contributed by atoms with Crippen LogP contribution < -0.4 is 11.1 Å². The largest absolute Gasteiger partial charge is 0.354 e. The number of benzene rings is 1. The average molecular weight is 274 g/mol. The molecule has 1 fully saturated rings. The van der Waals surface area contributed by atoms with E-state index >= 15 is 0 Å². The SMILES string of the molecule is CC(C)C(N)C(=O)NCC1(c2ccccc2)CCCC1. The van der Waals surface area contributed by atoms with Gasteiger partial charge in [-0.05, 0) is 24.3 Å². The Morgan fingerprint density at radius 2 is 1.85 bits per heavy atom. The second-order valence-corrected chi connectivity index (χ2v) is 6.34. The minimum Gasteiger partial charge on any atom is -0.354 e. The summed E-state index contributed by atoms with van der Waals surface area (Å²) < 4.78 is 0. The average Bonchev–Trinajstić information content (AvgIpc) is 2.95. The topological polar surface area (TPSA) is 55.1 Å². The summed E-state index contributed by atoms with van der Waals surface area (Å²) in [6.07, 6.45) is 4.77. The number of hydrogen-bond acceptors (Lipinski definition) is 2. The highest BCUT2D eigenvalue weighted by molar-refractivity contribution is 5.81. The van der Waals surface area contributed by atoms with Crippen LogP contribution in [0.1, 0.15) is 45.1 Å². The van der Waals surface area contributed by atoms with Crippen LogP contribution in [-0.2, 0) is 10.2 Å². The standard InChI is InChI=1S/C17H26N2O/c1-13(2)15(18)16(20)19-12-17(10-6-7-11-17)14-8-4-3-5-9-14/h3-5,8-9,13,15H,6-7,10-12,18H2,1-2H3,(H,19,20). The van der Waals surface area contributed by atoms with E-state index in [1.807, 2.05) is 19.9 Å². The summed E-state index contributed by atoms with van der Waals surface area (Å²) >= 11 is 0. The monoisotopic (exact) mass is 274 g/mol. The lowest BCUT2D eigenvalue weighted by atomic mass is 9.78. The van der Waals surface area contributed by atoms with E-state index in [9.17, 15) is 4.79 Å². The van der Waals surface area contributed by atoms with Gasteiger partial charge in [-0.15, -0.1) is 0 Å². The molecule has 0 bridgehead atoms. The van der Waals surface area contributed by atoms with Crippen LogP contribution in [0.3, 0.4) is 0 Å². The van der Waals surface area contributed by atoms with Crippen molar-refractivity contribution in [1.29, 1.82) is 0 Å². The van der Waals surface area contributed by atoms with Gasteiger partial charge in [0.1, 0.15) is 0 Å². The summed E-state index contributed by atoms with van der Waals surface area (Å²) in [5.41, 5.74) is 7.36. The molecule has 0 aliphatic heterocycles. The molecule has 1 unspecified atom stereocenters. The summed E-state index contributed by atoms with van der Waals surface area (Å²) in [5, 5.41) is 3.08. The number of nitrogens with one attached hydrogen (secondary N) is 1. The highest BCUT2D eigenvalue weighted by Crippen LogP contribution is 2.40. The fraction of sp³-hybridized carbons (Fsp3) is 0.588. The molecule has 20 heavy (non-hydrogen) atoms. The Hall–Kier alpha value is -1.35. The van der Waals surface area contributed by atoms with E-state index in [-0.39, 0.29) is 17.2 Å². The smallest absolute Gasteiger partial charge is 0.237 e. The van der Waals surface area contributed by atoms with Crippen LogP contribution in [0.2, 0.25) is 0 Å². The van der Waals surface area contributed by atoms with E-state index in [4.69, 9.17) is 5.73 Å². The molecular weight excluding hydrogens is 248 g/mol. The summed E-state index contributed by atoms with van der Waals surface area (Å²) in [5.74, 6) is 0.147. The molecule has 110 valence electrons. The number of hydrogen-bond donors (Lipinski definition) is 2. The van der Waals surface area contributed by atoms with Gasteiger partial charge in [0.25, 0.3) is 0 Å². The van der Waals surface area contributed by atoms with Crippen molar-refractivity contribution < 1.29 is 4.79 Å². The molecule has 3 nitrogen and oxygen atoms in total. The van der Waals surface area contributed by atoms with E-state index in [0.29, 0.717) is 6.54 Å². The normalized spacial score (nSPS) is 19.0. The highest BCUT2D eigenvalue weighted by atomic mass is 16.2. The van der Waals surface area contributed by atoms with E-state index in [1.165, 1.54) is 18.4 Å². The second-order valence-electron chi connectivity index (χ2n) is 6.34. The van der Waals surface area contributed by atoms with Crippen molar-refractivity contribution in [1.82, 2.24) is 5.32 Å². The lowest BCUT2D eigenvalue weighted by Gasteiger charge is -2.31. The summed E-state index contributed by atoms with van der Waals surface area (Å²) in [6, 6.07) is 10.2. The molecule has 0 radical (unpaired) electrons. The molecule has 3 heteroatoms. The van der Waals surface area contributed by atoms with E-state index in [0.717, 1.165) is 12.8 Å². The zero-order valence-electron chi connectivity index (χ0n) is 12.6. The van der Waals surface area contributed by atoms with E-state index < -0.39 is 6.04 Å². The molecule has 1 atom stereocenters. The molecule has 1 amide bonds. The zero-order valence-corrected chi connectivity index (χ0v) is 12.6. The van der Waals surface area contributed by atoms with Crippen LogP contribution in [0.4, 0.5) is 0 Å². The van der Waals surface area contributed by atoms with Crippen molar-refractivity contribution in [3.05, 3.63) is 35.9 Å². The van der Waals surface area contributed by atoms with Gasteiger partial charge in [0, 0.05) is 12.0 Å². The minimum atomic E-state index is -0.413. The van der Waals surface area contributed by atoms with Crippen LogP contribution in [0.25, 0.3) is 0 Å². The van der Waals surface area contributed by atoms with Crippen LogP contribution in [0.15, 0.2) is 30.3 Å². The summed E-state index contributed by atoms with van der Waals surface area (Å²) in [6.45, 7) is 4.66. The van der Waals surface area contributed by atoms with Crippen LogP contribution in [-0.4, -0.2) is 18.5 Å². The Bertz CT molecular complexity index is 436. The highest BCUT2D eigenvalue weighted by Gasteiger charge is 2.36. The molecule has 0 spiro atoms. The minimum absolute atomic E-state index is 0.0257. The van der Waals surface area contributed by atoms with E-state index in [1.54, 1.807) is 0 Å². The molecule has 1 aliphatic carbocycles. The second kappa shape index (κ2) is 6.40. The number of amides is 1. The van der Waals surface area contributed by atoms with Gasteiger partial charge in [-0.2, -0.15) is 0 Å². The quantitative estimate of drug-likeness (QED) is 0.867. The lowest BCUT2D eigenvalue weighted by molar-refractivity contribution is -0.123. The van der Waals surface area contributed by atoms with Crippen molar-refractivity contribution in [2.45, 2.75) is 51.0 Å². The molecule has 1 aromatic rings. The van der Waals surface area contributed by atoms with Crippen LogP contribution in [0.5, 0.6) is 0 Å². The third-order valence-electron chi connectivity index (χ3n) is 4.57. The molecule has 1 aromatic carbocycles. The molecular formula is C17H26N2O. The number of carbonyl (C=O) groups is 1. The Labute approximate surface area is 121 Å². The Balaban J connectivity index is 2.06. The van der Waals surface area contributed by atoms with Crippen molar-refractivity contribution in [2.75, 3.05) is 6.54 Å². The van der Waals surface area contributed by atoms with Crippen molar-refractivity contribution in [3.63, 3.8) is 0 Å². The molecule has 1 saturated carbocycles. The zero-order chi connectivity index (χ0) is 14.6. The maximum atomic E-state index is 12.1. The maximum absolute atomic E-state index is 12.1. The van der Waals surface area contributed by atoms with Crippen LogP contribution in [0, 0.1) is 5.92 Å². The molecule has 0 saturated heterocycles. The number of carbonyl (C=O) groups excluding carboxylic acids is 1. The fourth-order valence-corrected chi connectivity index (χ4v) is 3.09. The Morgan fingerprint density at radius 3 is 2.40 bits per heavy atom. The van der Waals surface area contributed by atoms with Gasteiger partial charge in [-0.25, -0.2) is 0 Å². The van der Waals surface area contributed by atoms with Gasteiger partial charge < -0.3 is 11.1 Å². The first-order valence-electron chi connectivity index (χ1n) is 7.64. The maximum Gasteiger partial charge on any atom is 0.237 e. The third-order valence-corrected chi connectivity index (χ3v) is 4.57. The first-order chi connectivity index (χ1) is 9.55. The number of rotatable bonds is 5. The first kappa shape index (κ1) is 15.0. The first-order valence-corrected chi connectivity index (χ1v) is 7.64. The predicted octanol–water partition coefficient (Wildman–Crippen LogP) is 2.60. The molecule has 0 heterocycles. The van der Waals surface area contributed by atoms with Gasteiger partial charge in [-0.1, -0.05) is 57.0 Å². The van der Waals surface area contributed by atoms with Crippen molar-refractivity contribution in [2.24, 2.45) is 11.7 Å².